The summed E-state index contributed by atoms with van der Waals surface area (Å²) in [6.07, 6.45) is 4.25. The lowest BCUT2D eigenvalue weighted by atomic mass is 10.1. The van der Waals surface area contributed by atoms with Crippen LogP contribution in [0.3, 0.4) is 0 Å². The fraction of sp³-hybridized carbons (Fsp3) is 0.111. The highest BCUT2D eigenvalue weighted by molar-refractivity contribution is 6.29. The second kappa shape index (κ2) is 4.74. The van der Waals surface area contributed by atoms with Crippen molar-refractivity contribution in [3.8, 4) is 0 Å². The van der Waals surface area contributed by atoms with Gasteiger partial charge in [0.25, 0.3) is 0 Å². The Kier molecular flexibility index (Phi) is 3.62. The summed E-state index contributed by atoms with van der Waals surface area (Å²) in [6, 6.07) is 1.26. The third-order valence-electron chi connectivity index (χ3n) is 1.53. The molecule has 1 heterocycles. The van der Waals surface area contributed by atoms with Crippen LogP contribution in [0.2, 0.25) is 5.15 Å². The molecule has 4 nitrogen and oxygen atoms in total. The third-order valence-corrected chi connectivity index (χ3v) is 1.74. The third kappa shape index (κ3) is 2.55. The highest BCUT2D eigenvalue weighted by Crippen LogP contribution is 2.14. The maximum atomic E-state index is 10.8. The molecule has 0 aliphatic carbocycles. The van der Waals surface area contributed by atoms with Crippen LogP contribution in [-0.2, 0) is 0 Å². The molecule has 0 saturated carbocycles. The minimum absolute atomic E-state index is 0.0645. The van der Waals surface area contributed by atoms with Crippen LogP contribution in [-0.4, -0.2) is 27.8 Å². The summed E-state index contributed by atoms with van der Waals surface area (Å²) >= 11 is 5.55. The highest BCUT2D eigenvalue weighted by Gasteiger charge is 2.08. The standard InChI is InChI=1S/C9H8ClNO3/c10-8-4-7(9(13)14)6(5-11-8)2-1-3-12/h1-2,4-5,12H,3H2,(H,13,14). The molecular formula is C9H8ClNO3. The number of halogens is 1. The predicted octanol–water partition coefficient (Wildman–Crippen LogP) is 1.44. The fourth-order valence-electron chi connectivity index (χ4n) is 0.938. The van der Waals surface area contributed by atoms with Crippen molar-refractivity contribution >= 4 is 23.6 Å². The smallest absolute Gasteiger partial charge is 0.336 e. The lowest BCUT2D eigenvalue weighted by Gasteiger charge is -2.00. The Hall–Kier alpha value is -1.39. The minimum Gasteiger partial charge on any atom is -0.478 e. The van der Waals surface area contributed by atoms with Gasteiger partial charge in [-0.2, -0.15) is 0 Å². The molecule has 0 saturated heterocycles. The van der Waals surface area contributed by atoms with E-state index in [0.717, 1.165) is 0 Å². The highest BCUT2D eigenvalue weighted by atomic mass is 35.5. The largest absolute Gasteiger partial charge is 0.478 e. The van der Waals surface area contributed by atoms with Crippen LogP contribution < -0.4 is 0 Å². The number of rotatable bonds is 3. The van der Waals surface area contributed by atoms with Crippen molar-refractivity contribution < 1.29 is 15.0 Å². The maximum absolute atomic E-state index is 10.8. The van der Waals surface area contributed by atoms with Crippen molar-refractivity contribution in [3.05, 3.63) is 34.6 Å². The average Bonchev–Trinajstić information content (AvgIpc) is 2.15. The zero-order chi connectivity index (χ0) is 10.6. The number of carboxylic acids is 1. The number of carboxylic acid groups (broad SMARTS) is 1. The molecule has 0 atom stereocenters. The molecule has 2 N–H and O–H groups in total. The van der Waals surface area contributed by atoms with E-state index >= 15 is 0 Å². The summed E-state index contributed by atoms with van der Waals surface area (Å²) in [5, 5.41) is 17.5. The second-order valence-corrected chi connectivity index (χ2v) is 2.87. The van der Waals surface area contributed by atoms with Crippen LogP contribution in [0.5, 0.6) is 0 Å². The Bertz CT molecular complexity index is 376. The first kappa shape index (κ1) is 10.7. The summed E-state index contributed by atoms with van der Waals surface area (Å²) < 4.78 is 0. The Morgan fingerprint density at radius 1 is 1.64 bits per heavy atom. The number of aromatic carboxylic acids is 1. The Morgan fingerprint density at radius 2 is 2.36 bits per heavy atom. The first-order valence-corrected chi connectivity index (χ1v) is 4.19. The van der Waals surface area contributed by atoms with Crippen LogP contribution in [0.4, 0.5) is 0 Å². The summed E-state index contributed by atoms with van der Waals surface area (Å²) in [5.74, 6) is -1.08. The molecule has 0 aliphatic heterocycles. The van der Waals surface area contributed by atoms with Crippen molar-refractivity contribution in [2.45, 2.75) is 0 Å². The van der Waals surface area contributed by atoms with Crippen LogP contribution in [0.15, 0.2) is 18.3 Å². The minimum atomic E-state index is -1.08. The topological polar surface area (TPSA) is 70.4 Å². The van der Waals surface area contributed by atoms with E-state index in [1.807, 2.05) is 0 Å². The van der Waals surface area contributed by atoms with E-state index in [0.29, 0.717) is 5.56 Å². The first-order chi connectivity index (χ1) is 6.65. The van der Waals surface area contributed by atoms with Crippen LogP contribution in [0.1, 0.15) is 15.9 Å². The molecule has 0 radical (unpaired) electrons. The zero-order valence-corrected chi connectivity index (χ0v) is 7.90. The van der Waals surface area contributed by atoms with Gasteiger partial charge in [-0.1, -0.05) is 23.8 Å². The molecule has 0 aliphatic rings. The summed E-state index contributed by atoms with van der Waals surface area (Å²) in [7, 11) is 0. The van der Waals surface area contributed by atoms with Crippen molar-refractivity contribution in [1.29, 1.82) is 0 Å². The number of carbonyl (C=O) groups is 1. The van der Waals surface area contributed by atoms with Gasteiger partial charge in [0.15, 0.2) is 0 Å². The Morgan fingerprint density at radius 3 is 2.93 bits per heavy atom. The molecule has 0 spiro atoms. The lowest BCUT2D eigenvalue weighted by Crippen LogP contribution is -2.00. The number of aliphatic hydroxyl groups excluding tert-OH is 1. The maximum Gasteiger partial charge on any atom is 0.336 e. The van der Waals surface area contributed by atoms with Crippen molar-refractivity contribution in [2.24, 2.45) is 0 Å². The van der Waals surface area contributed by atoms with Gasteiger partial charge in [0, 0.05) is 11.8 Å². The van der Waals surface area contributed by atoms with Gasteiger partial charge in [0.05, 0.1) is 12.2 Å². The molecule has 14 heavy (non-hydrogen) atoms. The van der Waals surface area contributed by atoms with Gasteiger partial charge >= 0.3 is 5.97 Å². The molecule has 74 valence electrons. The number of nitrogens with zero attached hydrogens (tertiary/aromatic N) is 1. The number of hydrogen-bond donors (Lipinski definition) is 2. The van der Waals surface area contributed by atoms with Crippen LogP contribution in [0, 0.1) is 0 Å². The van der Waals surface area contributed by atoms with Gasteiger partial charge in [-0.25, -0.2) is 9.78 Å². The second-order valence-electron chi connectivity index (χ2n) is 2.48. The molecule has 1 rings (SSSR count). The van der Waals surface area contributed by atoms with Gasteiger partial charge < -0.3 is 10.2 Å². The number of pyridine rings is 1. The summed E-state index contributed by atoms with van der Waals surface area (Å²) in [6.45, 7) is -0.151. The molecule has 1 aromatic rings. The number of aliphatic hydroxyl groups is 1. The van der Waals surface area contributed by atoms with E-state index in [-0.39, 0.29) is 17.3 Å². The van der Waals surface area contributed by atoms with Gasteiger partial charge in [-0.15, -0.1) is 0 Å². The molecule has 1 aromatic heterocycles. The van der Waals surface area contributed by atoms with Crippen molar-refractivity contribution in [3.63, 3.8) is 0 Å². The van der Waals surface area contributed by atoms with E-state index < -0.39 is 5.97 Å². The first-order valence-electron chi connectivity index (χ1n) is 3.81. The molecule has 0 amide bonds. The molecule has 0 aromatic carbocycles. The molecule has 0 bridgehead atoms. The van der Waals surface area contributed by atoms with E-state index in [1.165, 1.54) is 24.4 Å². The zero-order valence-electron chi connectivity index (χ0n) is 7.14. The Labute approximate surface area is 85.5 Å². The van der Waals surface area contributed by atoms with E-state index in [4.69, 9.17) is 21.8 Å². The van der Waals surface area contributed by atoms with Crippen molar-refractivity contribution in [2.75, 3.05) is 6.61 Å². The summed E-state index contributed by atoms with van der Waals surface area (Å²) in [5.41, 5.74) is 0.477. The van der Waals surface area contributed by atoms with Gasteiger partial charge in [-0.3, -0.25) is 0 Å². The van der Waals surface area contributed by atoms with Gasteiger partial charge in [-0.05, 0) is 6.07 Å². The quantitative estimate of drug-likeness (QED) is 0.746. The lowest BCUT2D eigenvalue weighted by molar-refractivity contribution is 0.0696. The van der Waals surface area contributed by atoms with Crippen molar-refractivity contribution in [1.82, 2.24) is 4.98 Å². The van der Waals surface area contributed by atoms with Gasteiger partial charge in [0.1, 0.15) is 5.15 Å². The number of aromatic nitrogens is 1. The SMILES string of the molecule is O=C(O)c1cc(Cl)ncc1C=CCO. The van der Waals surface area contributed by atoms with E-state index in [2.05, 4.69) is 4.98 Å². The fourth-order valence-corrected chi connectivity index (χ4v) is 1.10. The molecular weight excluding hydrogens is 206 g/mol. The molecule has 5 heteroatoms. The molecule has 0 fully saturated rings. The summed E-state index contributed by atoms with van der Waals surface area (Å²) in [4.78, 5) is 14.5. The van der Waals surface area contributed by atoms with Crippen LogP contribution in [0.25, 0.3) is 6.08 Å². The number of hydrogen-bond acceptors (Lipinski definition) is 3. The van der Waals surface area contributed by atoms with E-state index in [1.54, 1.807) is 0 Å². The Balaban J connectivity index is 3.15. The van der Waals surface area contributed by atoms with Crippen LogP contribution >= 0.6 is 11.6 Å². The van der Waals surface area contributed by atoms with E-state index in [9.17, 15) is 4.79 Å². The normalized spacial score (nSPS) is 10.7. The monoisotopic (exact) mass is 213 g/mol. The molecule has 0 unspecified atom stereocenters. The predicted molar refractivity (Wildman–Crippen MR) is 52.3 cm³/mol. The average molecular weight is 214 g/mol. The van der Waals surface area contributed by atoms with Gasteiger partial charge in [0.2, 0.25) is 0 Å².